The minimum atomic E-state index is 0.177. The van der Waals surface area contributed by atoms with E-state index >= 15 is 0 Å². The molecule has 1 aromatic carbocycles. The molecule has 2 fully saturated rings. The normalized spacial score (nSPS) is 22.3. The maximum Gasteiger partial charge on any atom is 0.203 e. The summed E-state index contributed by atoms with van der Waals surface area (Å²) in [6, 6.07) is 5.54. The number of ether oxygens (including phenoxy) is 2. The standard InChI is InChI=1S/C26H42O3/c1-5-25(6-2)16-12-20(13-17-25)28-23-11-9-10-22(27)24(23)29-21-14-18-26(7-3,8-4)19-15-21/h9-11,20-21,27H,5-8,12-19H2,1-4H3. The number of aromatic hydroxyl groups is 1. The summed E-state index contributed by atoms with van der Waals surface area (Å²) in [7, 11) is 0. The number of phenols is 1. The van der Waals surface area contributed by atoms with Gasteiger partial charge in [-0.15, -0.1) is 0 Å². The van der Waals surface area contributed by atoms with E-state index < -0.39 is 0 Å². The largest absolute Gasteiger partial charge is 0.504 e. The van der Waals surface area contributed by atoms with Gasteiger partial charge in [-0.3, -0.25) is 0 Å². The maximum atomic E-state index is 10.5. The second-order valence-electron chi connectivity index (χ2n) is 9.65. The van der Waals surface area contributed by atoms with E-state index in [0.29, 0.717) is 16.6 Å². The van der Waals surface area contributed by atoms with Crippen LogP contribution in [0.5, 0.6) is 17.2 Å². The van der Waals surface area contributed by atoms with Gasteiger partial charge in [0.05, 0.1) is 12.2 Å². The highest BCUT2D eigenvalue weighted by molar-refractivity contribution is 5.50. The SMILES string of the molecule is CCC1(CC)CCC(Oc2cccc(O)c2OC2CCC(CC)(CC)CC2)CC1. The van der Waals surface area contributed by atoms with Gasteiger partial charge in [-0.25, -0.2) is 0 Å². The third-order valence-electron chi connectivity index (χ3n) is 8.52. The Morgan fingerprint density at radius 2 is 1.21 bits per heavy atom. The first-order valence-electron chi connectivity index (χ1n) is 12.1. The van der Waals surface area contributed by atoms with Gasteiger partial charge < -0.3 is 14.6 Å². The Morgan fingerprint density at radius 1 is 0.759 bits per heavy atom. The predicted octanol–water partition coefficient (Wildman–Crippen LogP) is 7.65. The van der Waals surface area contributed by atoms with Crippen LogP contribution in [-0.2, 0) is 0 Å². The second kappa shape index (κ2) is 9.62. The van der Waals surface area contributed by atoms with E-state index in [1.165, 1.54) is 51.4 Å². The van der Waals surface area contributed by atoms with Gasteiger partial charge in [0.15, 0.2) is 11.5 Å². The molecule has 2 saturated carbocycles. The fourth-order valence-corrected chi connectivity index (χ4v) is 5.62. The number of hydrogen-bond donors (Lipinski definition) is 1. The van der Waals surface area contributed by atoms with Crippen LogP contribution in [0.2, 0.25) is 0 Å². The predicted molar refractivity (Wildman–Crippen MR) is 120 cm³/mol. The molecule has 0 spiro atoms. The molecular weight excluding hydrogens is 360 g/mol. The third-order valence-corrected chi connectivity index (χ3v) is 8.52. The summed E-state index contributed by atoms with van der Waals surface area (Å²) in [5.41, 5.74) is 0.996. The zero-order valence-electron chi connectivity index (χ0n) is 19.1. The molecule has 1 N–H and O–H groups in total. The van der Waals surface area contributed by atoms with E-state index in [0.717, 1.165) is 31.4 Å². The number of rotatable bonds is 8. The summed E-state index contributed by atoms with van der Waals surface area (Å²) < 4.78 is 12.7. The molecule has 0 atom stereocenters. The van der Waals surface area contributed by atoms with E-state index in [-0.39, 0.29) is 18.0 Å². The Hall–Kier alpha value is -1.38. The van der Waals surface area contributed by atoms with Crippen LogP contribution in [0.4, 0.5) is 0 Å². The summed E-state index contributed by atoms with van der Waals surface area (Å²) >= 11 is 0. The van der Waals surface area contributed by atoms with Crippen molar-refractivity contribution in [3.8, 4) is 17.2 Å². The van der Waals surface area contributed by atoms with Crippen LogP contribution in [0.1, 0.15) is 105 Å². The fraction of sp³-hybridized carbons (Fsp3) is 0.769. The van der Waals surface area contributed by atoms with Gasteiger partial charge in [-0.2, -0.15) is 0 Å². The first kappa shape index (κ1) is 22.3. The van der Waals surface area contributed by atoms with Gasteiger partial charge >= 0.3 is 0 Å². The van der Waals surface area contributed by atoms with E-state index in [9.17, 15) is 5.11 Å². The summed E-state index contributed by atoms with van der Waals surface area (Å²) in [5.74, 6) is 1.48. The van der Waals surface area contributed by atoms with Crippen molar-refractivity contribution in [2.24, 2.45) is 10.8 Å². The lowest BCUT2D eigenvalue weighted by Crippen LogP contribution is -2.32. The quantitative estimate of drug-likeness (QED) is 0.485. The van der Waals surface area contributed by atoms with Crippen molar-refractivity contribution in [2.45, 2.75) is 117 Å². The lowest BCUT2D eigenvalue weighted by atomic mass is 9.70. The van der Waals surface area contributed by atoms with Gasteiger partial charge in [0, 0.05) is 0 Å². The van der Waals surface area contributed by atoms with Crippen LogP contribution in [-0.4, -0.2) is 17.3 Å². The number of benzene rings is 1. The molecule has 0 aliphatic heterocycles. The van der Waals surface area contributed by atoms with Crippen LogP contribution < -0.4 is 9.47 Å². The van der Waals surface area contributed by atoms with E-state index in [1.54, 1.807) is 6.07 Å². The smallest absolute Gasteiger partial charge is 0.203 e. The highest BCUT2D eigenvalue weighted by Gasteiger charge is 2.35. The van der Waals surface area contributed by atoms with Crippen molar-refractivity contribution in [3.63, 3.8) is 0 Å². The van der Waals surface area contributed by atoms with Gasteiger partial charge in [0.25, 0.3) is 0 Å². The second-order valence-corrected chi connectivity index (χ2v) is 9.65. The molecule has 0 saturated heterocycles. The van der Waals surface area contributed by atoms with Crippen LogP contribution in [0, 0.1) is 10.8 Å². The highest BCUT2D eigenvalue weighted by atomic mass is 16.5. The topological polar surface area (TPSA) is 38.7 Å². The van der Waals surface area contributed by atoms with Crippen LogP contribution in [0.25, 0.3) is 0 Å². The summed E-state index contributed by atoms with van der Waals surface area (Å²) in [4.78, 5) is 0. The molecule has 3 rings (SSSR count). The molecule has 3 heteroatoms. The Bertz CT molecular complexity index is 625. The maximum absolute atomic E-state index is 10.5. The molecule has 29 heavy (non-hydrogen) atoms. The van der Waals surface area contributed by atoms with Crippen molar-refractivity contribution in [1.82, 2.24) is 0 Å². The Kier molecular flexibility index (Phi) is 7.40. The van der Waals surface area contributed by atoms with E-state index in [1.807, 2.05) is 12.1 Å². The zero-order valence-corrected chi connectivity index (χ0v) is 19.1. The molecule has 0 heterocycles. The molecule has 1 aromatic rings. The molecular formula is C26H42O3. The molecule has 164 valence electrons. The molecule has 0 bridgehead atoms. The van der Waals surface area contributed by atoms with Crippen molar-refractivity contribution >= 4 is 0 Å². The van der Waals surface area contributed by atoms with Gasteiger partial charge in [-0.05, 0) is 74.3 Å². The van der Waals surface area contributed by atoms with E-state index in [4.69, 9.17) is 9.47 Å². The molecule has 2 aliphatic rings. The molecule has 0 amide bonds. The van der Waals surface area contributed by atoms with Gasteiger partial charge in [0.1, 0.15) is 0 Å². The molecule has 2 aliphatic carbocycles. The molecule has 0 unspecified atom stereocenters. The highest BCUT2D eigenvalue weighted by Crippen LogP contribution is 2.47. The molecule has 0 aromatic heterocycles. The van der Waals surface area contributed by atoms with Crippen molar-refractivity contribution < 1.29 is 14.6 Å². The van der Waals surface area contributed by atoms with Crippen molar-refractivity contribution in [2.75, 3.05) is 0 Å². The lowest BCUT2D eigenvalue weighted by molar-refractivity contribution is 0.0552. The molecule has 3 nitrogen and oxygen atoms in total. The lowest BCUT2D eigenvalue weighted by Gasteiger charge is -2.40. The molecule has 0 radical (unpaired) electrons. The minimum absolute atomic E-state index is 0.177. The Labute approximate surface area is 178 Å². The first-order chi connectivity index (χ1) is 14.0. The Morgan fingerprint density at radius 3 is 1.66 bits per heavy atom. The minimum Gasteiger partial charge on any atom is -0.504 e. The van der Waals surface area contributed by atoms with Crippen LogP contribution >= 0.6 is 0 Å². The van der Waals surface area contributed by atoms with Gasteiger partial charge in [0.2, 0.25) is 5.75 Å². The number of phenolic OH excluding ortho intramolecular Hbond substituents is 1. The third kappa shape index (κ3) is 5.03. The summed E-state index contributed by atoms with van der Waals surface area (Å²) in [5, 5.41) is 10.5. The fourth-order valence-electron chi connectivity index (χ4n) is 5.62. The number of hydrogen-bond acceptors (Lipinski definition) is 3. The van der Waals surface area contributed by atoms with Crippen LogP contribution in [0.15, 0.2) is 18.2 Å². The average molecular weight is 403 g/mol. The number of para-hydroxylation sites is 1. The van der Waals surface area contributed by atoms with Crippen molar-refractivity contribution in [1.29, 1.82) is 0 Å². The first-order valence-corrected chi connectivity index (χ1v) is 12.1. The summed E-state index contributed by atoms with van der Waals surface area (Å²) in [6.45, 7) is 9.27. The van der Waals surface area contributed by atoms with Gasteiger partial charge in [-0.1, -0.05) is 59.4 Å². The summed E-state index contributed by atoms with van der Waals surface area (Å²) in [6.07, 6.45) is 14.6. The average Bonchev–Trinajstić information content (AvgIpc) is 2.77. The Balaban J connectivity index is 1.63. The monoisotopic (exact) mass is 402 g/mol. The van der Waals surface area contributed by atoms with Crippen LogP contribution in [0.3, 0.4) is 0 Å². The van der Waals surface area contributed by atoms with E-state index in [2.05, 4.69) is 27.7 Å². The van der Waals surface area contributed by atoms with Crippen molar-refractivity contribution in [3.05, 3.63) is 18.2 Å². The zero-order chi connectivity index (χ0) is 20.9.